The fraction of sp³-hybridized carbons (Fsp3) is 0.138. The molecular formula is C29H24F2N6O4. The Balaban J connectivity index is 1.12. The van der Waals surface area contributed by atoms with Crippen LogP contribution in [0, 0.1) is 11.6 Å². The Morgan fingerprint density at radius 1 is 1.05 bits per heavy atom. The SMILES string of the molecule is O=C(CCCNC(=O)c1cccn(Cc2ccc(F)c(F)c2)c1=O)Nc1ccc2c(c1)NC(=O)C2=Cc1cnc[nH]1. The van der Waals surface area contributed by atoms with E-state index in [1.807, 2.05) is 0 Å². The number of amides is 3. The van der Waals surface area contributed by atoms with Gasteiger partial charge < -0.3 is 25.5 Å². The Morgan fingerprint density at radius 3 is 2.68 bits per heavy atom. The molecular weight excluding hydrogens is 534 g/mol. The number of nitrogens with one attached hydrogen (secondary N) is 4. The van der Waals surface area contributed by atoms with Gasteiger partial charge in [-0.3, -0.25) is 19.2 Å². The van der Waals surface area contributed by atoms with Crippen LogP contribution in [-0.4, -0.2) is 38.8 Å². The molecule has 0 saturated heterocycles. The number of halogens is 2. The largest absolute Gasteiger partial charge is 0.352 e. The van der Waals surface area contributed by atoms with Crippen molar-refractivity contribution in [1.29, 1.82) is 0 Å². The van der Waals surface area contributed by atoms with E-state index in [9.17, 15) is 28.0 Å². The fourth-order valence-electron chi connectivity index (χ4n) is 4.36. The minimum Gasteiger partial charge on any atom is -0.352 e. The summed E-state index contributed by atoms with van der Waals surface area (Å²) < 4.78 is 27.9. The fourth-order valence-corrected chi connectivity index (χ4v) is 4.36. The number of rotatable bonds is 9. The van der Waals surface area contributed by atoms with Gasteiger partial charge in [0.1, 0.15) is 5.56 Å². The van der Waals surface area contributed by atoms with Crippen molar-refractivity contribution in [2.24, 2.45) is 0 Å². The molecule has 41 heavy (non-hydrogen) atoms. The molecule has 10 nitrogen and oxygen atoms in total. The number of aromatic nitrogens is 3. The minimum atomic E-state index is -1.02. The number of imidazole rings is 1. The van der Waals surface area contributed by atoms with Crippen molar-refractivity contribution in [3.8, 4) is 0 Å². The summed E-state index contributed by atoms with van der Waals surface area (Å²) in [5, 5.41) is 8.18. The smallest absolute Gasteiger partial charge is 0.263 e. The average molecular weight is 559 g/mol. The Kier molecular flexibility index (Phi) is 7.81. The van der Waals surface area contributed by atoms with Gasteiger partial charge in [0.2, 0.25) is 5.91 Å². The number of H-pyrrole nitrogens is 1. The third-order valence-electron chi connectivity index (χ3n) is 6.37. The third kappa shape index (κ3) is 6.27. The summed E-state index contributed by atoms with van der Waals surface area (Å²) in [6, 6.07) is 11.3. The van der Waals surface area contributed by atoms with Crippen molar-refractivity contribution in [1.82, 2.24) is 19.9 Å². The molecule has 208 valence electrons. The average Bonchev–Trinajstić information content (AvgIpc) is 3.57. The highest BCUT2D eigenvalue weighted by molar-refractivity contribution is 6.35. The van der Waals surface area contributed by atoms with Gasteiger partial charge in [0.05, 0.1) is 36.0 Å². The quantitative estimate of drug-likeness (QED) is 0.184. The Labute approximate surface area is 232 Å². The van der Waals surface area contributed by atoms with Crippen molar-refractivity contribution in [3.63, 3.8) is 0 Å². The number of hydrogen-bond donors (Lipinski definition) is 4. The van der Waals surface area contributed by atoms with Crippen molar-refractivity contribution < 1.29 is 23.2 Å². The molecule has 0 atom stereocenters. The van der Waals surface area contributed by atoms with E-state index in [0.717, 1.165) is 12.1 Å². The summed E-state index contributed by atoms with van der Waals surface area (Å²) in [5.41, 5.74) is 2.62. The van der Waals surface area contributed by atoms with Crippen LogP contribution in [0.5, 0.6) is 0 Å². The molecule has 1 aliphatic rings. The number of pyridine rings is 1. The number of benzene rings is 2. The van der Waals surface area contributed by atoms with Crippen LogP contribution >= 0.6 is 0 Å². The number of aromatic amines is 1. The standard InChI is InChI=1S/C29H24F2N6O4/c30-23-8-5-17(11-24(23)31)15-37-10-2-3-21(29(37)41)27(39)33-9-1-4-26(38)35-18-6-7-20-22(12-19-14-32-16-34-19)28(40)36-25(20)13-18/h2-3,5-8,10-14,16H,1,4,9,15H2,(H,32,34)(H,33,39)(H,35,38)(H,36,40). The second-order valence-electron chi connectivity index (χ2n) is 9.29. The maximum Gasteiger partial charge on any atom is 0.263 e. The van der Waals surface area contributed by atoms with E-state index in [1.54, 1.807) is 30.5 Å². The molecule has 1 aliphatic heterocycles. The second kappa shape index (κ2) is 11.8. The summed E-state index contributed by atoms with van der Waals surface area (Å²) in [7, 11) is 0. The molecule has 4 aromatic rings. The first-order valence-corrected chi connectivity index (χ1v) is 12.7. The lowest BCUT2D eigenvalue weighted by Gasteiger charge is -2.10. The number of hydrogen-bond acceptors (Lipinski definition) is 5. The molecule has 12 heteroatoms. The zero-order valence-corrected chi connectivity index (χ0v) is 21.5. The van der Waals surface area contributed by atoms with Gasteiger partial charge in [-0.2, -0.15) is 0 Å². The topological polar surface area (TPSA) is 138 Å². The molecule has 0 unspecified atom stereocenters. The molecule has 0 bridgehead atoms. The lowest BCUT2D eigenvalue weighted by molar-refractivity contribution is -0.116. The second-order valence-corrected chi connectivity index (χ2v) is 9.29. The van der Waals surface area contributed by atoms with E-state index in [0.29, 0.717) is 40.2 Å². The molecule has 0 saturated carbocycles. The lowest BCUT2D eigenvalue weighted by Crippen LogP contribution is -2.33. The zero-order chi connectivity index (χ0) is 28.9. The monoisotopic (exact) mass is 558 g/mol. The van der Waals surface area contributed by atoms with E-state index in [1.165, 1.54) is 35.3 Å². The Bertz CT molecular complexity index is 1730. The first kappa shape index (κ1) is 27.2. The Morgan fingerprint density at radius 2 is 1.90 bits per heavy atom. The van der Waals surface area contributed by atoms with Crippen molar-refractivity contribution >= 4 is 40.7 Å². The van der Waals surface area contributed by atoms with Crippen LogP contribution in [-0.2, 0) is 16.1 Å². The molecule has 0 fully saturated rings. The first-order chi connectivity index (χ1) is 19.8. The van der Waals surface area contributed by atoms with Gasteiger partial charge in [-0.25, -0.2) is 13.8 Å². The molecule has 2 aromatic carbocycles. The molecule has 0 spiro atoms. The summed E-state index contributed by atoms with van der Waals surface area (Å²) in [6.07, 6.45) is 6.67. The van der Waals surface area contributed by atoms with Gasteiger partial charge in [0, 0.05) is 30.4 Å². The van der Waals surface area contributed by atoms with Gasteiger partial charge in [-0.1, -0.05) is 12.1 Å². The normalized spacial score (nSPS) is 13.1. The highest BCUT2D eigenvalue weighted by Crippen LogP contribution is 2.34. The maximum absolute atomic E-state index is 13.5. The molecule has 0 radical (unpaired) electrons. The zero-order valence-electron chi connectivity index (χ0n) is 21.5. The molecule has 4 N–H and O–H groups in total. The van der Waals surface area contributed by atoms with Crippen LogP contribution < -0.4 is 21.5 Å². The van der Waals surface area contributed by atoms with Crippen LogP contribution in [0.1, 0.15) is 40.0 Å². The van der Waals surface area contributed by atoms with Gasteiger partial charge in [-0.05, 0) is 54.5 Å². The first-order valence-electron chi connectivity index (χ1n) is 12.7. The lowest BCUT2D eigenvalue weighted by atomic mass is 10.1. The van der Waals surface area contributed by atoms with E-state index in [-0.39, 0.29) is 36.9 Å². The summed E-state index contributed by atoms with van der Waals surface area (Å²) >= 11 is 0. The molecule has 5 rings (SSSR count). The van der Waals surface area contributed by atoms with Crippen molar-refractivity contribution in [2.45, 2.75) is 19.4 Å². The number of fused-ring (bicyclic) bond motifs is 1. The number of carbonyl (C=O) groups excluding carboxylic acids is 3. The molecule has 0 aliphatic carbocycles. The van der Waals surface area contributed by atoms with Gasteiger partial charge in [0.15, 0.2) is 11.6 Å². The van der Waals surface area contributed by atoms with Crippen LogP contribution in [0.2, 0.25) is 0 Å². The number of nitrogens with zero attached hydrogens (tertiary/aromatic N) is 2. The predicted octanol–water partition coefficient (Wildman–Crippen LogP) is 3.54. The van der Waals surface area contributed by atoms with Crippen LogP contribution in [0.25, 0.3) is 11.6 Å². The molecule has 2 aromatic heterocycles. The molecule has 3 heterocycles. The van der Waals surface area contributed by atoms with Gasteiger partial charge in [-0.15, -0.1) is 0 Å². The van der Waals surface area contributed by atoms with Crippen LogP contribution in [0.3, 0.4) is 0 Å². The van der Waals surface area contributed by atoms with E-state index >= 15 is 0 Å². The number of anilines is 2. The van der Waals surface area contributed by atoms with Crippen molar-refractivity contribution in [3.05, 3.63) is 112 Å². The highest BCUT2D eigenvalue weighted by Gasteiger charge is 2.24. The minimum absolute atomic E-state index is 0.0362. The highest BCUT2D eigenvalue weighted by atomic mass is 19.2. The van der Waals surface area contributed by atoms with Crippen LogP contribution in [0.15, 0.2) is 72.0 Å². The Hall–Kier alpha value is -5.39. The summed E-state index contributed by atoms with van der Waals surface area (Å²) in [5.74, 6) is -3.17. The maximum atomic E-state index is 13.5. The molecule has 3 amide bonds. The third-order valence-corrected chi connectivity index (χ3v) is 6.37. The van der Waals surface area contributed by atoms with E-state index in [2.05, 4.69) is 25.9 Å². The van der Waals surface area contributed by atoms with Crippen molar-refractivity contribution in [2.75, 3.05) is 17.2 Å². The summed E-state index contributed by atoms with van der Waals surface area (Å²) in [4.78, 5) is 57.0. The summed E-state index contributed by atoms with van der Waals surface area (Å²) in [6.45, 7) is 0.108. The van der Waals surface area contributed by atoms with E-state index in [4.69, 9.17) is 0 Å². The number of carbonyl (C=O) groups is 3. The van der Waals surface area contributed by atoms with E-state index < -0.39 is 23.1 Å². The van der Waals surface area contributed by atoms with Gasteiger partial charge >= 0.3 is 0 Å². The van der Waals surface area contributed by atoms with Crippen LogP contribution in [0.4, 0.5) is 20.2 Å². The van der Waals surface area contributed by atoms with Gasteiger partial charge in [0.25, 0.3) is 17.4 Å². The predicted molar refractivity (Wildman–Crippen MR) is 148 cm³/mol.